The van der Waals surface area contributed by atoms with Crippen LogP contribution < -0.4 is 5.32 Å². The number of amides is 2. The van der Waals surface area contributed by atoms with E-state index in [-0.39, 0.29) is 17.5 Å². The van der Waals surface area contributed by atoms with E-state index < -0.39 is 15.8 Å². The Morgan fingerprint density at radius 1 is 1.03 bits per heavy atom. The van der Waals surface area contributed by atoms with Crippen molar-refractivity contribution in [3.63, 3.8) is 0 Å². The number of halogens is 1. The van der Waals surface area contributed by atoms with Gasteiger partial charge in [-0.1, -0.05) is 19.3 Å². The van der Waals surface area contributed by atoms with Gasteiger partial charge in [-0.05, 0) is 49.9 Å². The van der Waals surface area contributed by atoms with Gasteiger partial charge < -0.3 is 15.0 Å². The van der Waals surface area contributed by atoms with E-state index in [9.17, 15) is 17.6 Å². The Bertz CT molecular complexity index is 782. The summed E-state index contributed by atoms with van der Waals surface area (Å²) in [6.45, 7) is 2.57. The van der Waals surface area contributed by atoms with Gasteiger partial charge in [0.15, 0.2) is 0 Å². The van der Waals surface area contributed by atoms with Crippen LogP contribution in [0.4, 0.5) is 9.18 Å². The monoisotopic (exact) mass is 441 g/mol. The summed E-state index contributed by atoms with van der Waals surface area (Å²) in [6.07, 6.45) is 7.74. The number of rotatable bonds is 7. The minimum atomic E-state index is -3.69. The Morgan fingerprint density at radius 3 is 2.50 bits per heavy atom. The SMILES string of the molecule is O=C(NCCCOC1CCCCC1)N1CCCN(S(=O)(=O)c2ccc(F)cc2)CC1. The van der Waals surface area contributed by atoms with E-state index in [4.69, 9.17) is 4.74 Å². The Labute approximate surface area is 178 Å². The third kappa shape index (κ3) is 6.39. The molecule has 1 aliphatic heterocycles. The van der Waals surface area contributed by atoms with Crippen LogP contribution in [0.25, 0.3) is 0 Å². The second-order valence-corrected chi connectivity index (χ2v) is 9.85. The molecule has 0 spiro atoms. The fourth-order valence-corrected chi connectivity index (χ4v) is 5.42. The van der Waals surface area contributed by atoms with Crippen LogP contribution in [0.3, 0.4) is 0 Å². The Hall–Kier alpha value is -1.71. The Balaban J connectivity index is 1.40. The summed E-state index contributed by atoms with van der Waals surface area (Å²) in [7, 11) is -3.69. The zero-order valence-corrected chi connectivity index (χ0v) is 18.2. The Morgan fingerprint density at radius 2 is 1.77 bits per heavy atom. The molecule has 1 aromatic carbocycles. The fraction of sp³-hybridized carbons (Fsp3) is 0.667. The largest absolute Gasteiger partial charge is 0.378 e. The maximum atomic E-state index is 13.1. The molecule has 2 amide bonds. The summed E-state index contributed by atoms with van der Waals surface area (Å²) in [5, 5.41) is 2.91. The van der Waals surface area contributed by atoms with Crippen LogP contribution in [0.1, 0.15) is 44.9 Å². The fourth-order valence-electron chi connectivity index (χ4n) is 3.95. The number of nitrogens with one attached hydrogen (secondary N) is 1. The minimum Gasteiger partial charge on any atom is -0.378 e. The lowest BCUT2D eigenvalue weighted by Crippen LogP contribution is -2.43. The van der Waals surface area contributed by atoms with E-state index in [0.29, 0.717) is 45.3 Å². The van der Waals surface area contributed by atoms with Gasteiger partial charge in [0.1, 0.15) is 5.82 Å². The van der Waals surface area contributed by atoms with E-state index in [0.717, 1.165) is 31.4 Å². The third-order valence-electron chi connectivity index (χ3n) is 5.70. The molecule has 1 aliphatic carbocycles. The predicted molar refractivity (Wildman–Crippen MR) is 112 cm³/mol. The highest BCUT2D eigenvalue weighted by Gasteiger charge is 2.28. The summed E-state index contributed by atoms with van der Waals surface area (Å²) in [6, 6.07) is 4.66. The summed E-state index contributed by atoms with van der Waals surface area (Å²) in [5.74, 6) is -0.475. The molecular formula is C21H32FN3O4S. The quantitative estimate of drug-likeness (QED) is 0.660. The number of carbonyl (C=O) groups is 1. The summed E-state index contributed by atoms with van der Waals surface area (Å²) >= 11 is 0. The molecule has 2 aliphatic rings. The molecule has 0 bridgehead atoms. The maximum absolute atomic E-state index is 13.1. The lowest BCUT2D eigenvalue weighted by molar-refractivity contribution is 0.0274. The second kappa shape index (κ2) is 11.1. The summed E-state index contributed by atoms with van der Waals surface area (Å²) in [5.41, 5.74) is 0. The molecule has 30 heavy (non-hydrogen) atoms. The van der Waals surface area contributed by atoms with Gasteiger partial charge in [0.2, 0.25) is 10.0 Å². The van der Waals surface area contributed by atoms with Gasteiger partial charge in [-0.25, -0.2) is 17.6 Å². The number of benzene rings is 1. The maximum Gasteiger partial charge on any atom is 0.317 e. The molecule has 0 aromatic heterocycles. The van der Waals surface area contributed by atoms with Gasteiger partial charge >= 0.3 is 6.03 Å². The number of ether oxygens (including phenoxy) is 1. The van der Waals surface area contributed by atoms with Crippen LogP contribution in [0.2, 0.25) is 0 Å². The first-order chi connectivity index (χ1) is 14.5. The molecule has 1 saturated carbocycles. The first-order valence-corrected chi connectivity index (χ1v) is 12.3. The van der Waals surface area contributed by atoms with Crippen molar-refractivity contribution >= 4 is 16.1 Å². The lowest BCUT2D eigenvalue weighted by Gasteiger charge is -2.23. The highest BCUT2D eigenvalue weighted by Crippen LogP contribution is 2.20. The molecule has 7 nitrogen and oxygen atoms in total. The van der Waals surface area contributed by atoms with Gasteiger partial charge in [0.25, 0.3) is 0 Å². The molecule has 2 fully saturated rings. The molecule has 0 radical (unpaired) electrons. The standard InChI is InChI=1S/C21H32FN3O4S/c22-18-8-10-20(11-9-18)30(27,28)25-14-5-13-24(15-16-25)21(26)23-12-4-17-29-19-6-2-1-3-7-19/h8-11,19H,1-7,12-17H2,(H,23,26). The topological polar surface area (TPSA) is 79.0 Å². The first-order valence-electron chi connectivity index (χ1n) is 10.9. The van der Waals surface area contributed by atoms with Crippen molar-refractivity contribution in [2.75, 3.05) is 39.3 Å². The van der Waals surface area contributed by atoms with Crippen molar-refractivity contribution in [2.24, 2.45) is 0 Å². The number of hydrogen-bond donors (Lipinski definition) is 1. The van der Waals surface area contributed by atoms with Crippen molar-refractivity contribution in [1.29, 1.82) is 0 Å². The lowest BCUT2D eigenvalue weighted by atomic mass is 9.98. The van der Waals surface area contributed by atoms with Crippen molar-refractivity contribution in [2.45, 2.75) is 55.9 Å². The summed E-state index contributed by atoms with van der Waals surface area (Å²) < 4.78 is 45.9. The van der Waals surface area contributed by atoms with E-state index in [2.05, 4.69) is 5.32 Å². The van der Waals surface area contributed by atoms with Crippen LogP contribution in [0.15, 0.2) is 29.2 Å². The number of nitrogens with zero attached hydrogens (tertiary/aromatic N) is 2. The van der Waals surface area contributed by atoms with Gasteiger partial charge in [-0.2, -0.15) is 4.31 Å². The van der Waals surface area contributed by atoms with Crippen LogP contribution in [-0.2, 0) is 14.8 Å². The van der Waals surface area contributed by atoms with Gasteiger partial charge in [-0.15, -0.1) is 0 Å². The molecule has 1 aromatic rings. The molecule has 1 saturated heterocycles. The van der Waals surface area contributed by atoms with Crippen molar-refractivity contribution in [1.82, 2.24) is 14.5 Å². The van der Waals surface area contributed by atoms with Crippen molar-refractivity contribution < 1.29 is 22.3 Å². The molecule has 1 N–H and O–H groups in total. The highest BCUT2D eigenvalue weighted by molar-refractivity contribution is 7.89. The zero-order chi connectivity index (χ0) is 21.4. The van der Waals surface area contributed by atoms with Crippen LogP contribution in [0.5, 0.6) is 0 Å². The Kier molecular flexibility index (Phi) is 8.47. The van der Waals surface area contributed by atoms with E-state index in [1.165, 1.54) is 35.7 Å². The van der Waals surface area contributed by atoms with Crippen molar-refractivity contribution in [3.8, 4) is 0 Å². The summed E-state index contributed by atoms with van der Waals surface area (Å²) in [4.78, 5) is 14.2. The number of urea groups is 1. The molecule has 0 unspecified atom stereocenters. The van der Waals surface area contributed by atoms with Gasteiger partial charge in [0.05, 0.1) is 11.0 Å². The molecule has 3 rings (SSSR count). The number of sulfonamides is 1. The van der Waals surface area contributed by atoms with E-state index in [1.54, 1.807) is 4.90 Å². The van der Waals surface area contributed by atoms with E-state index in [1.807, 2.05) is 0 Å². The van der Waals surface area contributed by atoms with Crippen LogP contribution in [0, 0.1) is 5.82 Å². The molecule has 168 valence electrons. The third-order valence-corrected chi connectivity index (χ3v) is 7.61. The highest BCUT2D eigenvalue weighted by atomic mass is 32.2. The number of hydrogen-bond acceptors (Lipinski definition) is 4. The van der Waals surface area contributed by atoms with Crippen molar-refractivity contribution in [3.05, 3.63) is 30.1 Å². The molecule has 0 atom stereocenters. The average Bonchev–Trinajstić information content (AvgIpc) is 3.01. The van der Waals surface area contributed by atoms with E-state index >= 15 is 0 Å². The van der Waals surface area contributed by atoms with Gasteiger partial charge in [-0.3, -0.25) is 0 Å². The predicted octanol–water partition coefficient (Wildman–Crippen LogP) is 2.97. The average molecular weight is 442 g/mol. The molecule has 1 heterocycles. The normalized spacial score (nSPS) is 19.4. The zero-order valence-electron chi connectivity index (χ0n) is 17.4. The first kappa shape index (κ1) is 23.0. The number of carbonyl (C=O) groups excluding carboxylic acids is 1. The minimum absolute atomic E-state index is 0.0692. The smallest absolute Gasteiger partial charge is 0.317 e. The van der Waals surface area contributed by atoms with Gasteiger partial charge in [0, 0.05) is 39.3 Å². The van der Waals surface area contributed by atoms with Crippen LogP contribution in [-0.4, -0.2) is 69.1 Å². The molecule has 9 heteroatoms. The second-order valence-electron chi connectivity index (χ2n) is 7.91. The molecular weight excluding hydrogens is 409 g/mol. The van der Waals surface area contributed by atoms with Crippen LogP contribution >= 0.6 is 0 Å².